The van der Waals surface area contributed by atoms with Crippen molar-refractivity contribution in [2.24, 2.45) is 0 Å². The van der Waals surface area contributed by atoms with E-state index in [0.717, 1.165) is 0 Å². The lowest BCUT2D eigenvalue weighted by atomic mass is 10.3. The molecule has 0 radical (unpaired) electrons. The van der Waals surface area contributed by atoms with Crippen LogP contribution in [0.1, 0.15) is 20.8 Å². The Hall–Kier alpha value is -1.76. The standard InChI is InChI=1S/C11H14N6S/c1-11(2,3)18-10-16-8(7-14-17-10)15-9-12-5-4-6-13-9/h4-7H,1-3H3,(H,12,13,15,16,17). The van der Waals surface area contributed by atoms with Gasteiger partial charge in [-0.1, -0.05) is 32.5 Å². The molecule has 0 atom stereocenters. The second-order valence-electron chi connectivity index (χ2n) is 4.54. The number of aromatic nitrogens is 5. The molecule has 2 rings (SSSR count). The summed E-state index contributed by atoms with van der Waals surface area (Å²) in [5.74, 6) is 1.08. The average Bonchev–Trinajstić information content (AvgIpc) is 2.28. The Kier molecular flexibility index (Phi) is 3.71. The van der Waals surface area contributed by atoms with Crippen molar-refractivity contribution in [3.63, 3.8) is 0 Å². The van der Waals surface area contributed by atoms with Crippen LogP contribution in [0.2, 0.25) is 0 Å². The van der Waals surface area contributed by atoms with Gasteiger partial charge < -0.3 is 5.32 Å². The maximum Gasteiger partial charge on any atom is 0.228 e. The molecule has 0 aliphatic rings. The van der Waals surface area contributed by atoms with Gasteiger partial charge >= 0.3 is 0 Å². The zero-order valence-corrected chi connectivity index (χ0v) is 11.3. The highest BCUT2D eigenvalue weighted by Gasteiger charge is 2.15. The van der Waals surface area contributed by atoms with Crippen molar-refractivity contribution in [2.75, 3.05) is 5.32 Å². The first kappa shape index (κ1) is 12.7. The highest BCUT2D eigenvalue weighted by molar-refractivity contribution is 8.00. The summed E-state index contributed by atoms with van der Waals surface area (Å²) < 4.78 is 0.0452. The minimum Gasteiger partial charge on any atom is -0.307 e. The summed E-state index contributed by atoms with van der Waals surface area (Å²) in [6.07, 6.45) is 4.87. The maximum atomic E-state index is 4.35. The number of thioether (sulfide) groups is 1. The van der Waals surface area contributed by atoms with Crippen LogP contribution in [-0.2, 0) is 0 Å². The molecule has 2 aromatic rings. The van der Waals surface area contributed by atoms with Crippen molar-refractivity contribution in [3.8, 4) is 0 Å². The van der Waals surface area contributed by atoms with E-state index in [1.54, 1.807) is 36.4 Å². The minimum absolute atomic E-state index is 0.0452. The van der Waals surface area contributed by atoms with E-state index >= 15 is 0 Å². The van der Waals surface area contributed by atoms with E-state index in [2.05, 4.69) is 51.2 Å². The van der Waals surface area contributed by atoms with Gasteiger partial charge in [0.05, 0.1) is 6.20 Å². The molecule has 0 aliphatic carbocycles. The molecule has 0 spiro atoms. The summed E-state index contributed by atoms with van der Waals surface area (Å²) in [6.45, 7) is 6.30. The molecule has 7 heteroatoms. The monoisotopic (exact) mass is 262 g/mol. The van der Waals surface area contributed by atoms with Crippen LogP contribution in [0.15, 0.2) is 29.8 Å². The van der Waals surface area contributed by atoms with Crippen LogP contribution in [0.4, 0.5) is 11.8 Å². The average molecular weight is 262 g/mol. The lowest BCUT2D eigenvalue weighted by Crippen LogP contribution is -2.09. The largest absolute Gasteiger partial charge is 0.307 e. The fourth-order valence-corrected chi connectivity index (χ4v) is 1.92. The van der Waals surface area contributed by atoms with Crippen LogP contribution < -0.4 is 5.32 Å². The number of hydrogen-bond acceptors (Lipinski definition) is 7. The van der Waals surface area contributed by atoms with Crippen LogP contribution in [0.5, 0.6) is 0 Å². The van der Waals surface area contributed by atoms with Gasteiger partial charge in [-0.15, -0.1) is 5.10 Å². The Morgan fingerprint density at radius 2 is 1.89 bits per heavy atom. The fourth-order valence-electron chi connectivity index (χ4n) is 1.14. The third-order valence-corrected chi connectivity index (χ3v) is 2.71. The van der Waals surface area contributed by atoms with Gasteiger partial charge in [-0.3, -0.25) is 0 Å². The van der Waals surface area contributed by atoms with Gasteiger partial charge in [0.1, 0.15) is 0 Å². The Balaban J connectivity index is 2.13. The number of rotatable bonds is 3. The molecule has 0 aliphatic heterocycles. The summed E-state index contributed by atoms with van der Waals surface area (Å²) in [4.78, 5) is 12.5. The van der Waals surface area contributed by atoms with Crippen LogP contribution in [-0.4, -0.2) is 29.9 Å². The van der Waals surface area contributed by atoms with E-state index in [1.807, 2.05) is 0 Å². The van der Waals surface area contributed by atoms with Crippen molar-refractivity contribution >= 4 is 23.5 Å². The molecule has 2 heterocycles. The van der Waals surface area contributed by atoms with Crippen LogP contribution in [0, 0.1) is 0 Å². The number of nitrogens with one attached hydrogen (secondary N) is 1. The van der Waals surface area contributed by atoms with Crippen molar-refractivity contribution in [2.45, 2.75) is 30.7 Å². The van der Waals surface area contributed by atoms with E-state index < -0.39 is 0 Å². The molecule has 0 aromatic carbocycles. The topological polar surface area (TPSA) is 76.5 Å². The summed E-state index contributed by atoms with van der Waals surface area (Å²) in [7, 11) is 0. The second kappa shape index (κ2) is 5.26. The van der Waals surface area contributed by atoms with E-state index in [-0.39, 0.29) is 4.75 Å². The molecule has 6 nitrogen and oxygen atoms in total. The molecule has 0 bridgehead atoms. The maximum absolute atomic E-state index is 4.35. The van der Waals surface area contributed by atoms with Gasteiger partial charge in [0, 0.05) is 17.1 Å². The molecule has 0 unspecified atom stereocenters. The summed E-state index contributed by atoms with van der Waals surface area (Å²) in [5.41, 5.74) is 0. The van der Waals surface area contributed by atoms with Gasteiger partial charge in [0.2, 0.25) is 11.1 Å². The molecule has 0 fully saturated rings. The Bertz CT molecular complexity index is 510. The SMILES string of the molecule is CC(C)(C)Sc1nncc(Nc2ncccn2)n1. The van der Waals surface area contributed by atoms with Gasteiger partial charge in [-0.05, 0) is 6.07 Å². The predicted octanol–water partition coefficient (Wildman–Crippen LogP) is 2.30. The van der Waals surface area contributed by atoms with E-state index in [0.29, 0.717) is 16.9 Å². The third kappa shape index (κ3) is 3.92. The highest BCUT2D eigenvalue weighted by Crippen LogP contribution is 2.29. The molecule has 94 valence electrons. The quantitative estimate of drug-likeness (QED) is 0.850. The van der Waals surface area contributed by atoms with E-state index in [1.165, 1.54) is 0 Å². The Morgan fingerprint density at radius 3 is 2.56 bits per heavy atom. The number of nitrogens with zero attached hydrogens (tertiary/aromatic N) is 5. The first-order valence-electron chi connectivity index (χ1n) is 5.46. The minimum atomic E-state index is 0.0452. The Labute approximate surface area is 110 Å². The molecule has 2 aromatic heterocycles. The summed E-state index contributed by atoms with van der Waals surface area (Å²) in [5, 5.41) is 11.5. The molecule has 18 heavy (non-hydrogen) atoms. The summed E-state index contributed by atoms with van der Waals surface area (Å²) >= 11 is 1.56. The number of anilines is 2. The van der Waals surface area contributed by atoms with Crippen LogP contribution in [0.25, 0.3) is 0 Å². The van der Waals surface area contributed by atoms with Crippen LogP contribution >= 0.6 is 11.8 Å². The van der Waals surface area contributed by atoms with Gasteiger partial charge in [-0.2, -0.15) is 5.10 Å². The van der Waals surface area contributed by atoms with E-state index in [4.69, 9.17) is 0 Å². The molecule has 0 saturated heterocycles. The van der Waals surface area contributed by atoms with Crippen molar-refractivity contribution < 1.29 is 0 Å². The highest BCUT2D eigenvalue weighted by atomic mass is 32.2. The molecule has 0 saturated carbocycles. The van der Waals surface area contributed by atoms with Crippen molar-refractivity contribution in [1.29, 1.82) is 0 Å². The molecular formula is C11H14N6S. The smallest absolute Gasteiger partial charge is 0.228 e. The molecule has 0 amide bonds. The summed E-state index contributed by atoms with van der Waals surface area (Å²) in [6, 6.07) is 1.75. The zero-order chi connectivity index (χ0) is 13.0. The fraction of sp³-hybridized carbons (Fsp3) is 0.364. The molecular weight excluding hydrogens is 248 g/mol. The lowest BCUT2D eigenvalue weighted by molar-refractivity contribution is 0.776. The Morgan fingerprint density at radius 1 is 1.17 bits per heavy atom. The third-order valence-electron chi connectivity index (χ3n) is 1.74. The van der Waals surface area contributed by atoms with Gasteiger partial charge in [0.25, 0.3) is 0 Å². The van der Waals surface area contributed by atoms with Crippen LogP contribution in [0.3, 0.4) is 0 Å². The first-order valence-corrected chi connectivity index (χ1v) is 6.27. The second-order valence-corrected chi connectivity index (χ2v) is 6.33. The first-order chi connectivity index (χ1) is 8.53. The number of hydrogen-bond donors (Lipinski definition) is 1. The normalized spacial score (nSPS) is 11.3. The zero-order valence-electron chi connectivity index (χ0n) is 10.5. The lowest BCUT2D eigenvalue weighted by Gasteiger charge is -2.15. The van der Waals surface area contributed by atoms with Crippen molar-refractivity contribution in [3.05, 3.63) is 24.7 Å². The van der Waals surface area contributed by atoms with Crippen molar-refractivity contribution in [1.82, 2.24) is 25.1 Å². The predicted molar refractivity (Wildman–Crippen MR) is 70.8 cm³/mol. The van der Waals surface area contributed by atoms with E-state index in [9.17, 15) is 0 Å². The molecule has 1 N–H and O–H groups in total. The van der Waals surface area contributed by atoms with Gasteiger partial charge in [0.15, 0.2) is 5.82 Å². The van der Waals surface area contributed by atoms with Gasteiger partial charge in [-0.25, -0.2) is 15.0 Å².